The molecule has 0 amide bonds. The highest BCUT2D eigenvalue weighted by atomic mass is 16.3. The molecule has 0 aliphatic carbocycles. The smallest absolute Gasteiger partial charge is 0.0748 e. The minimum absolute atomic E-state index is 0.116. The van der Waals surface area contributed by atoms with Crippen LogP contribution in [0.4, 0.5) is 0 Å². The first-order chi connectivity index (χ1) is 12.0. The van der Waals surface area contributed by atoms with Crippen molar-refractivity contribution in [3.05, 3.63) is 84.4 Å². The first kappa shape index (κ1) is 17.9. The van der Waals surface area contributed by atoms with Gasteiger partial charge in [-0.05, 0) is 29.9 Å². The molecule has 2 nitrogen and oxygen atoms in total. The highest BCUT2D eigenvalue weighted by molar-refractivity contribution is 5.27. The molecular formula is C23H29NO. The molecule has 0 unspecified atom stereocenters. The normalized spacial score (nSPS) is 29.5. The third-order valence-electron chi connectivity index (χ3n) is 5.49. The van der Waals surface area contributed by atoms with Crippen molar-refractivity contribution in [2.45, 2.75) is 44.4 Å². The highest BCUT2D eigenvalue weighted by Gasteiger charge is 2.48. The lowest BCUT2D eigenvalue weighted by Crippen LogP contribution is -2.54. The van der Waals surface area contributed by atoms with Crippen molar-refractivity contribution in [1.82, 2.24) is 5.32 Å². The monoisotopic (exact) mass is 335 g/mol. The quantitative estimate of drug-likeness (QED) is 0.750. The zero-order valence-electron chi connectivity index (χ0n) is 15.2. The first-order valence-corrected chi connectivity index (χ1v) is 9.24. The lowest BCUT2D eigenvalue weighted by molar-refractivity contribution is -0.0902. The van der Waals surface area contributed by atoms with Crippen molar-refractivity contribution >= 4 is 0 Å². The lowest BCUT2D eigenvalue weighted by Gasteiger charge is -2.50. The van der Waals surface area contributed by atoms with Gasteiger partial charge in [-0.1, -0.05) is 80.6 Å². The van der Waals surface area contributed by atoms with E-state index in [1.54, 1.807) is 0 Å². The topological polar surface area (TPSA) is 32.3 Å². The molecule has 2 aromatic rings. The number of aliphatic hydroxyl groups is 1. The van der Waals surface area contributed by atoms with Gasteiger partial charge in [-0.3, -0.25) is 0 Å². The molecule has 132 valence electrons. The van der Waals surface area contributed by atoms with Crippen LogP contribution in [-0.2, 0) is 0 Å². The van der Waals surface area contributed by atoms with Gasteiger partial charge in [-0.2, -0.15) is 0 Å². The molecule has 0 bridgehead atoms. The van der Waals surface area contributed by atoms with Gasteiger partial charge in [0.15, 0.2) is 0 Å². The van der Waals surface area contributed by atoms with E-state index in [0.717, 1.165) is 0 Å². The molecule has 1 heterocycles. The second-order valence-electron chi connectivity index (χ2n) is 7.59. The maximum atomic E-state index is 11.7. The molecule has 3 rings (SSSR count). The van der Waals surface area contributed by atoms with Gasteiger partial charge in [0, 0.05) is 18.0 Å². The number of hydrogen-bond acceptors (Lipinski definition) is 2. The Morgan fingerprint density at radius 3 is 2.16 bits per heavy atom. The van der Waals surface area contributed by atoms with Crippen LogP contribution in [0.1, 0.15) is 49.9 Å². The summed E-state index contributed by atoms with van der Waals surface area (Å²) < 4.78 is 0. The van der Waals surface area contributed by atoms with Gasteiger partial charge in [-0.15, -0.1) is 6.58 Å². The summed E-state index contributed by atoms with van der Waals surface area (Å²) in [6, 6.07) is 21.2. The van der Waals surface area contributed by atoms with Gasteiger partial charge in [-0.25, -0.2) is 0 Å². The summed E-state index contributed by atoms with van der Waals surface area (Å²) in [5.41, 5.74) is 1.71. The zero-order valence-corrected chi connectivity index (χ0v) is 15.2. The summed E-state index contributed by atoms with van der Waals surface area (Å²) in [7, 11) is 0. The summed E-state index contributed by atoms with van der Waals surface area (Å²) in [4.78, 5) is 0. The molecule has 2 N–H and O–H groups in total. The summed E-state index contributed by atoms with van der Waals surface area (Å²) in [6.07, 6.45) is 3.18. The number of benzene rings is 2. The molecule has 0 radical (unpaired) electrons. The van der Waals surface area contributed by atoms with E-state index in [1.807, 2.05) is 18.2 Å². The van der Waals surface area contributed by atoms with Crippen molar-refractivity contribution < 1.29 is 5.11 Å². The summed E-state index contributed by atoms with van der Waals surface area (Å²) in [5, 5.41) is 15.5. The van der Waals surface area contributed by atoms with Crippen LogP contribution in [0.25, 0.3) is 0 Å². The van der Waals surface area contributed by atoms with Gasteiger partial charge < -0.3 is 10.4 Å². The van der Waals surface area contributed by atoms with Gasteiger partial charge >= 0.3 is 0 Å². The summed E-state index contributed by atoms with van der Waals surface area (Å²) in [6.45, 7) is 8.32. The van der Waals surface area contributed by atoms with Crippen LogP contribution in [0.3, 0.4) is 0 Å². The van der Waals surface area contributed by atoms with E-state index in [-0.39, 0.29) is 18.0 Å². The maximum absolute atomic E-state index is 11.7. The third-order valence-corrected chi connectivity index (χ3v) is 5.49. The second-order valence-corrected chi connectivity index (χ2v) is 7.59. The van der Waals surface area contributed by atoms with Crippen LogP contribution in [0.2, 0.25) is 0 Å². The molecule has 25 heavy (non-hydrogen) atoms. The minimum Gasteiger partial charge on any atom is -0.389 e. The minimum atomic E-state index is -0.762. The van der Waals surface area contributed by atoms with Crippen LogP contribution >= 0.6 is 0 Å². The fourth-order valence-corrected chi connectivity index (χ4v) is 4.52. The Kier molecular flexibility index (Phi) is 5.41. The third kappa shape index (κ3) is 3.70. The van der Waals surface area contributed by atoms with Crippen LogP contribution in [0.15, 0.2) is 73.3 Å². The SMILES string of the molecule is C=CC[C@]1(O)C[C@H](c2ccccc2)N[C@@H](c2ccccc2)[C@@H]1C(C)C. The van der Waals surface area contributed by atoms with E-state index < -0.39 is 5.60 Å². The Morgan fingerprint density at radius 1 is 1.08 bits per heavy atom. The summed E-state index contributed by atoms with van der Waals surface area (Å²) >= 11 is 0. The fourth-order valence-electron chi connectivity index (χ4n) is 4.52. The highest BCUT2D eigenvalue weighted by Crippen LogP contribution is 2.48. The Balaban J connectivity index is 2.04. The van der Waals surface area contributed by atoms with Crippen molar-refractivity contribution in [2.75, 3.05) is 0 Å². The van der Waals surface area contributed by atoms with Crippen LogP contribution in [0.5, 0.6) is 0 Å². The van der Waals surface area contributed by atoms with E-state index in [1.165, 1.54) is 11.1 Å². The molecule has 0 spiro atoms. The standard InChI is InChI=1S/C23H29NO/c1-4-15-23(25)16-20(18-11-7-5-8-12-18)24-22(21(23)17(2)3)19-13-9-6-10-14-19/h4-14,17,20-22,24-25H,1,15-16H2,2-3H3/t20-,21+,22+,23+/m1/s1. The van der Waals surface area contributed by atoms with Crippen LogP contribution < -0.4 is 5.32 Å². The average Bonchev–Trinajstić information content (AvgIpc) is 2.62. The molecule has 2 heteroatoms. The molecule has 2 aromatic carbocycles. The average molecular weight is 335 g/mol. The molecule has 1 saturated heterocycles. The van der Waals surface area contributed by atoms with Crippen molar-refractivity contribution in [3.63, 3.8) is 0 Å². The Labute approximate surface area is 151 Å². The van der Waals surface area contributed by atoms with Crippen LogP contribution in [-0.4, -0.2) is 10.7 Å². The molecule has 1 fully saturated rings. The van der Waals surface area contributed by atoms with E-state index in [9.17, 15) is 5.11 Å². The molecule has 0 saturated carbocycles. The predicted molar refractivity (Wildman–Crippen MR) is 104 cm³/mol. The number of piperidine rings is 1. The number of nitrogens with one attached hydrogen (secondary N) is 1. The first-order valence-electron chi connectivity index (χ1n) is 9.24. The van der Waals surface area contributed by atoms with E-state index >= 15 is 0 Å². The predicted octanol–water partition coefficient (Wildman–Crippen LogP) is 5.04. The number of hydrogen-bond donors (Lipinski definition) is 2. The number of rotatable bonds is 5. The van der Waals surface area contributed by atoms with Gasteiger partial charge in [0.2, 0.25) is 0 Å². The molecular weight excluding hydrogens is 306 g/mol. The Hall–Kier alpha value is -1.90. The molecule has 1 aliphatic heterocycles. The fraction of sp³-hybridized carbons (Fsp3) is 0.391. The Bertz CT molecular complexity index is 682. The van der Waals surface area contributed by atoms with Crippen molar-refractivity contribution in [3.8, 4) is 0 Å². The zero-order chi connectivity index (χ0) is 17.9. The second kappa shape index (κ2) is 7.55. The summed E-state index contributed by atoms with van der Waals surface area (Å²) in [5.74, 6) is 0.493. The largest absolute Gasteiger partial charge is 0.389 e. The molecule has 4 atom stereocenters. The Morgan fingerprint density at radius 2 is 1.64 bits per heavy atom. The van der Waals surface area contributed by atoms with Crippen molar-refractivity contribution in [1.29, 1.82) is 0 Å². The molecule has 0 aromatic heterocycles. The van der Waals surface area contributed by atoms with Crippen LogP contribution in [0, 0.1) is 11.8 Å². The van der Waals surface area contributed by atoms with Gasteiger partial charge in [0.25, 0.3) is 0 Å². The lowest BCUT2D eigenvalue weighted by atomic mass is 9.65. The van der Waals surface area contributed by atoms with Gasteiger partial charge in [0.1, 0.15) is 0 Å². The maximum Gasteiger partial charge on any atom is 0.0748 e. The van der Waals surface area contributed by atoms with Crippen molar-refractivity contribution in [2.24, 2.45) is 11.8 Å². The van der Waals surface area contributed by atoms with Gasteiger partial charge in [0.05, 0.1) is 5.60 Å². The van der Waals surface area contributed by atoms with E-state index in [0.29, 0.717) is 18.8 Å². The van der Waals surface area contributed by atoms with E-state index in [4.69, 9.17) is 0 Å². The van der Waals surface area contributed by atoms with E-state index in [2.05, 4.69) is 74.3 Å². The molecule has 1 aliphatic rings.